The molecule has 0 saturated carbocycles. The Morgan fingerprint density at radius 1 is 1.61 bits per heavy atom. The van der Waals surface area contributed by atoms with Crippen LogP contribution in [-0.2, 0) is 9.53 Å². The summed E-state index contributed by atoms with van der Waals surface area (Å²) in [5, 5.41) is 11.8. The van der Waals surface area contributed by atoms with Gasteiger partial charge in [-0.2, -0.15) is 0 Å². The molecule has 1 saturated heterocycles. The minimum Gasteiger partial charge on any atom is -0.481 e. The van der Waals surface area contributed by atoms with Gasteiger partial charge in [-0.25, -0.2) is 4.98 Å². The van der Waals surface area contributed by atoms with Crippen LogP contribution in [0.5, 0.6) is 0 Å². The van der Waals surface area contributed by atoms with Gasteiger partial charge in [0.05, 0.1) is 19.1 Å². The first-order valence-corrected chi connectivity index (χ1v) is 7.10. The number of anilines is 1. The van der Waals surface area contributed by atoms with Gasteiger partial charge in [-0.15, -0.1) is 11.3 Å². The highest BCUT2D eigenvalue weighted by Gasteiger charge is 2.21. The fourth-order valence-electron chi connectivity index (χ4n) is 1.92. The number of thiazole rings is 1. The Labute approximate surface area is 114 Å². The third-order valence-corrected chi connectivity index (χ3v) is 4.07. The molecule has 0 amide bonds. The molecular formula is C11H15ClN2O3S. The first-order valence-electron chi connectivity index (χ1n) is 5.84. The number of aliphatic carboxylic acids is 1. The molecule has 100 valence electrons. The predicted octanol–water partition coefficient (Wildman–Crippen LogP) is 2.26. The molecule has 0 radical (unpaired) electrons. The monoisotopic (exact) mass is 290 g/mol. The van der Waals surface area contributed by atoms with Crippen molar-refractivity contribution in [3.8, 4) is 0 Å². The molecule has 0 unspecified atom stereocenters. The number of hydrogen-bond donors (Lipinski definition) is 1. The molecule has 1 aliphatic heterocycles. The molecule has 18 heavy (non-hydrogen) atoms. The van der Waals surface area contributed by atoms with Crippen LogP contribution in [0.15, 0.2) is 5.38 Å². The summed E-state index contributed by atoms with van der Waals surface area (Å²) >= 11 is 7.34. The van der Waals surface area contributed by atoms with Crippen molar-refractivity contribution in [3.63, 3.8) is 0 Å². The third-order valence-electron chi connectivity index (χ3n) is 2.85. The summed E-state index contributed by atoms with van der Waals surface area (Å²) in [4.78, 5) is 16.8. The van der Waals surface area contributed by atoms with Gasteiger partial charge in [0.15, 0.2) is 5.13 Å². The van der Waals surface area contributed by atoms with Crippen LogP contribution in [0.2, 0.25) is 5.15 Å². The highest BCUT2D eigenvalue weighted by Crippen LogP contribution is 2.26. The summed E-state index contributed by atoms with van der Waals surface area (Å²) in [7, 11) is 0. The second-order valence-electron chi connectivity index (χ2n) is 4.15. The lowest BCUT2D eigenvalue weighted by atomic mass is 10.1. The van der Waals surface area contributed by atoms with E-state index in [1.165, 1.54) is 0 Å². The number of aromatic nitrogens is 1. The number of ether oxygens (including phenoxy) is 1. The van der Waals surface area contributed by atoms with Crippen molar-refractivity contribution in [2.24, 2.45) is 0 Å². The topological polar surface area (TPSA) is 62.7 Å². The van der Waals surface area contributed by atoms with Crippen LogP contribution in [0.1, 0.15) is 19.3 Å². The highest BCUT2D eigenvalue weighted by atomic mass is 35.5. The molecule has 1 N–H and O–H groups in total. The van der Waals surface area contributed by atoms with Crippen LogP contribution in [0.25, 0.3) is 0 Å². The van der Waals surface area contributed by atoms with Crippen molar-refractivity contribution in [1.82, 2.24) is 4.98 Å². The number of piperidine rings is 1. The molecule has 0 atom stereocenters. The van der Waals surface area contributed by atoms with Crippen molar-refractivity contribution in [3.05, 3.63) is 10.5 Å². The molecule has 2 heterocycles. The van der Waals surface area contributed by atoms with Gasteiger partial charge < -0.3 is 14.7 Å². The maximum Gasteiger partial charge on any atom is 0.305 e. The summed E-state index contributed by atoms with van der Waals surface area (Å²) < 4.78 is 5.53. The fraction of sp³-hybridized carbons (Fsp3) is 0.636. The molecule has 5 nitrogen and oxygen atoms in total. The van der Waals surface area contributed by atoms with Crippen LogP contribution in [0, 0.1) is 0 Å². The third kappa shape index (κ3) is 3.83. The molecule has 7 heteroatoms. The van der Waals surface area contributed by atoms with Crippen LogP contribution >= 0.6 is 22.9 Å². The van der Waals surface area contributed by atoms with Crippen molar-refractivity contribution in [2.45, 2.75) is 25.4 Å². The van der Waals surface area contributed by atoms with E-state index in [1.54, 1.807) is 11.3 Å². The zero-order valence-electron chi connectivity index (χ0n) is 9.84. The lowest BCUT2D eigenvalue weighted by Crippen LogP contribution is -2.37. The van der Waals surface area contributed by atoms with E-state index in [-0.39, 0.29) is 12.5 Å². The van der Waals surface area contributed by atoms with E-state index in [1.807, 2.05) is 5.38 Å². The quantitative estimate of drug-likeness (QED) is 0.901. The zero-order valence-corrected chi connectivity index (χ0v) is 11.4. The number of nitrogens with zero attached hydrogens (tertiary/aromatic N) is 2. The molecule has 1 fully saturated rings. The summed E-state index contributed by atoms with van der Waals surface area (Å²) in [5.41, 5.74) is 0. The molecule has 1 aromatic heterocycles. The fourth-order valence-corrected chi connectivity index (χ4v) is 2.92. The van der Waals surface area contributed by atoms with Gasteiger partial charge in [-0.3, -0.25) is 4.79 Å². The van der Waals surface area contributed by atoms with Gasteiger partial charge in [0.1, 0.15) is 5.15 Å². The minimum atomic E-state index is -0.815. The van der Waals surface area contributed by atoms with Gasteiger partial charge in [0.25, 0.3) is 0 Å². The average Bonchev–Trinajstić information content (AvgIpc) is 2.76. The van der Waals surface area contributed by atoms with E-state index in [2.05, 4.69) is 9.88 Å². The molecule has 1 aromatic rings. The first-order chi connectivity index (χ1) is 8.65. The standard InChI is InChI=1S/C11H15ClN2O3S/c12-9-7-18-11(13-9)14-4-1-8(2-5-14)17-6-3-10(15)16/h7-8H,1-6H2,(H,15,16). The molecular weight excluding hydrogens is 276 g/mol. The van der Waals surface area contributed by atoms with Gasteiger partial charge in [0, 0.05) is 18.5 Å². The largest absolute Gasteiger partial charge is 0.481 e. The van der Waals surface area contributed by atoms with Gasteiger partial charge >= 0.3 is 5.97 Å². The number of hydrogen-bond acceptors (Lipinski definition) is 5. The van der Waals surface area contributed by atoms with Crippen LogP contribution in [0.3, 0.4) is 0 Å². The average molecular weight is 291 g/mol. The summed E-state index contributed by atoms with van der Waals surface area (Å²) in [6.07, 6.45) is 2.03. The Hall–Kier alpha value is -0.850. The van der Waals surface area contributed by atoms with Crippen molar-refractivity contribution >= 4 is 34.0 Å². The second-order valence-corrected chi connectivity index (χ2v) is 5.38. The highest BCUT2D eigenvalue weighted by molar-refractivity contribution is 7.14. The maximum absolute atomic E-state index is 10.4. The predicted molar refractivity (Wildman–Crippen MR) is 70.6 cm³/mol. The Kier molecular flexibility index (Phi) is 4.79. The lowest BCUT2D eigenvalue weighted by Gasteiger charge is -2.31. The van der Waals surface area contributed by atoms with Crippen LogP contribution in [-0.4, -0.2) is 41.9 Å². The molecule has 1 aliphatic rings. The van der Waals surface area contributed by atoms with Gasteiger partial charge in [-0.05, 0) is 12.8 Å². The van der Waals surface area contributed by atoms with E-state index in [4.69, 9.17) is 21.4 Å². The van der Waals surface area contributed by atoms with Crippen LogP contribution < -0.4 is 4.90 Å². The maximum atomic E-state index is 10.4. The number of halogens is 1. The molecule has 2 rings (SSSR count). The minimum absolute atomic E-state index is 0.0717. The van der Waals surface area contributed by atoms with E-state index >= 15 is 0 Å². The number of carboxylic acid groups (broad SMARTS) is 1. The SMILES string of the molecule is O=C(O)CCOC1CCN(c2nc(Cl)cs2)CC1. The van der Waals surface area contributed by atoms with Crippen molar-refractivity contribution < 1.29 is 14.6 Å². The van der Waals surface area contributed by atoms with E-state index in [9.17, 15) is 4.79 Å². The van der Waals surface area contributed by atoms with Gasteiger partial charge in [0.2, 0.25) is 0 Å². The number of carbonyl (C=O) groups is 1. The summed E-state index contributed by atoms with van der Waals surface area (Å²) in [6, 6.07) is 0. The molecule has 0 spiro atoms. The van der Waals surface area contributed by atoms with Crippen molar-refractivity contribution in [1.29, 1.82) is 0 Å². The number of rotatable bonds is 5. The summed E-state index contributed by atoms with van der Waals surface area (Å²) in [6.45, 7) is 2.05. The Bertz CT molecular complexity index is 405. The Morgan fingerprint density at radius 2 is 2.33 bits per heavy atom. The first kappa shape index (κ1) is 13.6. The normalized spacial score (nSPS) is 17.1. The second kappa shape index (κ2) is 6.36. The van der Waals surface area contributed by atoms with Gasteiger partial charge in [-0.1, -0.05) is 11.6 Å². The van der Waals surface area contributed by atoms with E-state index < -0.39 is 5.97 Å². The van der Waals surface area contributed by atoms with Crippen molar-refractivity contribution in [2.75, 3.05) is 24.6 Å². The number of carboxylic acids is 1. The zero-order chi connectivity index (χ0) is 13.0. The van der Waals surface area contributed by atoms with E-state index in [0.29, 0.717) is 11.8 Å². The molecule has 0 bridgehead atoms. The molecule has 0 aliphatic carbocycles. The Balaban J connectivity index is 1.73. The summed E-state index contributed by atoms with van der Waals surface area (Å²) in [5.74, 6) is -0.815. The van der Waals surface area contributed by atoms with E-state index in [0.717, 1.165) is 31.1 Å². The molecule has 0 aromatic carbocycles. The van der Waals surface area contributed by atoms with Crippen LogP contribution in [0.4, 0.5) is 5.13 Å². The lowest BCUT2D eigenvalue weighted by molar-refractivity contribution is -0.138. The Morgan fingerprint density at radius 3 is 2.89 bits per heavy atom. The smallest absolute Gasteiger partial charge is 0.305 e.